The van der Waals surface area contributed by atoms with E-state index in [2.05, 4.69) is 9.84 Å². The van der Waals surface area contributed by atoms with E-state index in [4.69, 9.17) is 0 Å². The number of carbonyl (C=O) groups excluding carboxylic acids is 3. The lowest BCUT2D eigenvalue weighted by Crippen LogP contribution is -2.42. The van der Waals surface area contributed by atoms with E-state index in [1.807, 2.05) is 31.2 Å². The van der Waals surface area contributed by atoms with Crippen LogP contribution < -0.4 is 0 Å². The Balaban J connectivity index is 2.24. The van der Waals surface area contributed by atoms with Crippen LogP contribution in [0, 0.1) is 6.92 Å². The van der Waals surface area contributed by atoms with E-state index in [0.717, 1.165) is 11.1 Å². The topological polar surface area (TPSA) is 79.3 Å². The van der Waals surface area contributed by atoms with Gasteiger partial charge in [-0.25, -0.2) is 5.01 Å². The molecule has 0 N–H and O–H groups in total. The van der Waals surface area contributed by atoms with Crippen molar-refractivity contribution in [2.45, 2.75) is 26.3 Å². The second-order valence-electron chi connectivity index (χ2n) is 5.63. The lowest BCUT2D eigenvalue weighted by Gasteiger charge is -2.25. The van der Waals surface area contributed by atoms with E-state index in [0.29, 0.717) is 0 Å². The highest BCUT2D eigenvalue weighted by Gasteiger charge is 2.27. The summed E-state index contributed by atoms with van der Waals surface area (Å²) in [5.41, 5.74) is 2.24. The van der Waals surface area contributed by atoms with Crippen molar-refractivity contribution in [2.75, 3.05) is 20.7 Å². The number of aryl methyl sites for hydroxylation is 1. The lowest BCUT2D eigenvalue weighted by atomic mass is 10.1. The molecule has 1 aromatic rings. The molecular weight excluding hydrogens is 310 g/mol. The third-order valence-electron chi connectivity index (χ3n) is 3.91. The maximum absolute atomic E-state index is 12.8. The Labute approximate surface area is 140 Å². The summed E-state index contributed by atoms with van der Waals surface area (Å²) in [5.74, 6) is -0.995. The molecule has 0 aliphatic carbocycles. The van der Waals surface area contributed by atoms with E-state index >= 15 is 0 Å². The molecule has 2 amide bonds. The Morgan fingerprint density at radius 3 is 2.62 bits per heavy atom. The first-order valence-corrected chi connectivity index (χ1v) is 7.67. The van der Waals surface area contributed by atoms with E-state index in [1.165, 1.54) is 24.1 Å². The lowest BCUT2D eigenvalue weighted by molar-refractivity contribution is -0.145. The van der Waals surface area contributed by atoms with Gasteiger partial charge in [-0.1, -0.05) is 24.3 Å². The molecule has 7 nitrogen and oxygen atoms in total. The maximum atomic E-state index is 12.8. The number of amides is 2. The smallest absolute Gasteiger partial charge is 0.325 e. The third kappa shape index (κ3) is 4.18. The van der Waals surface area contributed by atoms with Crippen LogP contribution in [-0.2, 0) is 25.7 Å². The van der Waals surface area contributed by atoms with Crippen LogP contribution >= 0.6 is 0 Å². The number of hydrogen-bond donors (Lipinski definition) is 0. The Hall–Kier alpha value is -2.70. The van der Waals surface area contributed by atoms with E-state index in [9.17, 15) is 14.4 Å². The second-order valence-corrected chi connectivity index (χ2v) is 5.63. The van der Waals surface area contributed by atoms with Crippen LogP contribution in [0.2, 0.25) is 0 Å². The molecule has 0 bridgehead atoms. The average molecular weight is 331 g/mol. The molecule has 7 heteroatoms. The summed E-state index contributed by atoms with van der Waals surface area (Å²) in [6.45, 7) is 2.05. The van der Waals surface area contributed by atoms with Gasteiger partial charge < -0.3 is 9.64 Å². The Morgan fingerprint density at radius 2 is 2.00 bits per heavy atom. The van der Waals surface area contributed by atoms with Crippen LogP contribution in [-0.4, -0.2) is 54.1 Å². The van der Waals surface area contributed by atoms with Gasteiger partial charge in [0.05, 0.1) is 7.11 Å². The molecular formula is C17H21N3O4. The average Bonchev–Trinajstić information content (AvgIpc) is 2.57. The molecule has 128 valence electrons. The second kappa shape index (κ2) is 7.72. The molecule has 0 fully saturated rings. The molecule has 0 aromatic heterocycles. The minimum Gasteiger partial charge on any atom is -0.468 e. The van der Waals surface area contributed by atoms with Crippen LogP contribution in [0.25, 0.3) is 0 Å². The first-order chi connectivity index (χ1) is 11.4. The normalized spacial score (nSPS) is 14.2. The standard InChI is InChI=1S/C17H21N3O4/c1-12-6-4-5-7-13(12)10-20(11-16(22)24-3)17(23)14-8-9-15(21)19(2)18-14/h4-7H,8-11H2,1-3H3. The number of ether oxygens (including phenoxy) is 1. The molecule has 1 heterocycles. The van der Waals surface area contributed by atoms with Crippen molar-refractivity contribution in [1.29, 1.82) is 0 Å². The molecule has 0 radical (unpaired) electrons. The molecule has 0 saturated heterocycles. The van der Waals surface area contributed by atoms with Crippen LogP contribution in [0.4, 0.5) is 0 Å². The van der Waals surface area contributed by atoms with Crippen LogP contribution in [0.3, 0.4) is 0 Å². The summed E-state index contributed by atoms with van der Waals surface area (Å²) >= 11 is 0. The van der Waals surface area contributed by atoms with Gasteiger partial charge in [0.25, 0.3) is 5.91 Å². The summed E-state index contributed by atoms with van der Waals surface area (Å²) < 4.78 is 4.69. The Bertz CT molecular complexity index is 684. The van der Waals surface area contributed by atoms with Crippen molar-refractivity contribution in [3.63, 3.8) is 0 Å². The van der Waals surface area contributed by atoms with Crippen molar-refractivity contribution in [2.24, 2.45) is 5.10 Å². The molecule has 1 aliphatic rings. The highest BCUT2D eigenvalue weighted by molar-refractivity contribution is 6.39. The first kappa shape index (κ1) is 17.7. The van der Waals surface area contributed by atoms with Crippen LogP contribution in [0.5, 0.6) is 0 Å². The number of benzene rings is 1. The number of hydrazone groups is 1. The van der Waals surface area contributed by atoms with Gasteiger partial charge in [0.2, 0.25) is 5.91 Å². The molecule has 24 heavy (non-hydrogen) atoms. The zero-order valence-corrected chi connectivity index (χ0v) is 14.1. The van der Waals surface area contributed by atoms with Gasteiger partial charge in [0.1, 0.15) is 12.3 Å². The number of rotatable bonds is 5. The molecule has 0 atom stereocenters. The van der Waals surface area contributed by atoms with Gasteiger partial charge >= 0.3 is 5.97 Å². The van der Waals surface area contributed by atoms with Gasteiger partial charge in [0, 0.05) is 26.4 Å². The molecule has 0 spiro atoms. The van der Waals surface area contributed by atoms with Crippen molar-refractivity contribution in [3.8, 4) is 0 Å². The number of esters is 1. The summed E-state index contributed by atoms with van der Waals surface area (Å²) in [4.78, 5) is 37.4. The fourth-order valence-electron chi connectivity index (χ4n) is 2.42. The summed E-state index contributed by atoms with van der Waals surface area (Å²) in [5, 5.41) is 5.21. The van der Waals surface area contributed by atoms with Crippen molar-refractivity contribution < 1.29 is 19.1 Å². The largest absolute Gasteiger partial charge is 0.468 e. The molecule has 0 saturated carbocycles. The Kier molecular flexibility index (Phi) is 5.68. The quantitative estimate of drug-likeness (QED) is 0.757. The van der Waals surface area contributed by atoms with Gasteiger partial charge in [0.15, 0.2) is 0 Å². The zero-order valence-electron chi connectivity index (χ0n) is 14.1. The van der Waals surface area contributed by atoms with Gasteiger partial charge in [-0.15, -0.1) is 0 Å². The van der Waals surface area contributed by atoms with Crippen molar-refractivity contribution >= 4 is 23.5 Å². The van der Waals surface area contributed by atoms with Gasteiger partial charge in [-0.05, 0) is 18.1 Å². The SMILES string of the molecule is COC(=O)CN(Cc1ccccc1C)C(=O)C1=NN(C)C(=O)CC1. The molecule has 1 aliphatic heterocycles. The van der Waals surface area contributed by atoms with Gasteiger partial charge in [-0.3, -0.25) is 14.4 Å². The van der Waals surface area contributed by atoms with Gasteiger partial charge in [-0.2, -0.15) is 5.10 Å². The zero-order chi connectivity index (χ0) is 17.7. The predicted molar refractivity (Wildman–Crippen MR) is 88.1 cm³/mol. The van der Waals surface area contributed by atoms with Crippen molar-refractivity contribution in [3.05, 3.63) is 35.4 Å². The minimum absolute atomic E-state index is 0.134. The monoisotopic (exact) mass is 331 g/mol. The Morgan fingerprint density at radius 1 is 1.29 bits per heavy atom. The number of nitrogens with zero attached hydrogens (tertiary/aromatic N) is 3. The minimum atomic E-state index is -0.502. The fraction of sp³-hybridized carbons (Fsp3) is 0.412. The number of methoxy groups -OCH3 is 1. The van der Waals surface area contributed by atoms with E-state index in [1.54, 1.807) is 0 Å². The highest BCUT2D eigenvalue weighted by atomic mass is 16.5. The van der Waals surface area contributed by atoms with E-state index in [-0.39, 0.29) is 43.5 Å². The van der Waals surface area contributed by atoms with Crippen LogP contribution in [0.15, 0.2) is 29.4 Å². The van der Waals surface area contributed by atoms with Crippen LogP contribution in [0.1, 0.15) is 24.0 Å². The first-order valence-electron chi connectivity index (χ1n) is 7.67. The summed E-state index contributed by atoms with van der Waals surface area (Å²) in [7, 11) is 2.80. The molecule has 0 unspecified atom stereocenters. The molecule has 2 rings (SSSR count). The number of carbonyl (C=O) groups is 3. The third-order valence-corrected chi connectivity index (χ3v) is 3.91. The van der Waals surface area contributed by atoms with Crippen molar-refractivity contribution in [1.82, 2.24) is 9.91 Å². The highest BCUT2D eigenvalue weighted by Crippen LogP contribution is 2.14. The predicted octanol–water partition coefficient (Wildman–Crippen LogP) is 1.10. The molecule has 1 aromatic carbocycles. The fourth-order valence-corrected chi connectivity index (χ4v) is 2.42. The number of hydrogen-bond acceptors (Lipinski definition) is 5. The summed E-state index contributed by atoms with van der Waals surface area (Å²) in [6, 6.07) is 7.65. The summed E-state index contributed by atoms with van der Waals surface area (Å²) in [6.07, 6.45) is 0.505. The van der Waals surface area contributed by atoms with E-state index < -0.39 is 5.97 Å². The maximum Gasteiger partial charge on any atom is 0.325 e.